The molecule has 0 saturated carbocycles. The van der Waals surface area contributed by atoms with Gasteiger partial charge in [-0.3, -0.25) is 4.79 Å². The van der Waals surface area contributed by atoms with E-state index in [-0.39, 0.29) is 5.91 Å². The second-order valence-corrected chi connectivity index (χ2v) is 5.92. The van der Waals surface area contributed by atoms with Crippen molar-refractivity contribution in [2.75, 3.05) is 31.4 Å². The molecule has 5 nitrogen and oxygen atoms in total. The topological polar surface area (TPSA) is 50.8 Å². The van der Waals surface area contributed by atoms with Crippen LogP contribution in [0.4, 0.5) is 11.4 Å². The van der Waals surface area contributed by atoms with Gasteiger partial charge >= 0.3 is 0 Å². The first kappa shape index (κ1) is 17.9. The minimum Gasteiger partial charge on any atom is -0.497 e. The first-order valence-electron chi connectivity index (χ1n) is 7.49. The Morgan fingerprint density at radius 1 is 1.12 bits per heavy atom. The molecule has 0 fully saturated rings. The Hall–Kier alpha value is -2.40. The van der Waals surface area contributed by atoms with Crippen molar-refractivity contribution in [3.63, 3.8) is 0 Å². The van der Waals surface area contributed by atoms with Crippen LogP contribution in [0.15, 0.2) is 42.5 Å². The molecule has 0 aliphatic carbocycles. The van der Waals surface area contributed by atoms with Gasteiger partial charge in [-0.2, -0.15) is 0 Å². The van der Waals surface area contributed by atoms with Crippen molar-refractivity contribution in [1.29, 1.82) is 0 Å². The number of methoxy groups -OCH3 is 1. The summed E-state index contributed by atoms with van der Waals surface area (Å²) in [5.74, 6) is 1.07. The number of halogens is 1. The van der Waals surface area contributed by atoms with Gasteiger partial charge in [0.05, 0.1) is 18.5 Å². The van der Waals surface area contributed by atoms with Crippen molar-refractivity contribution in [3.05, 3.63) is 47.5 Å². The minimum absolute atomic E-state index is 0.254. The number of hydrogen-bond donors (Lipinski definition) is 1. The fourth-order valence-electron chi connectivity index (χ4n) is 2.14. The van der Waals surface area contributed by atoms with Gasteiger partial charge in [-0.1, -0.05) is 11.6 Å². The molecule has 1 amide bonds. The Labute approximate surface area is 147 Å². The highest BCUT2D eigenvalue weighted by atomic mass is 35.5. The quantitative estimate of drug-likeness (QED) is 0.862. The highest BCUT2D eigenvalue weighted by Gasteiger charge is 2.17. The van der Waals surface area contributed by atoms with Gasteiger partial charge in [0.25, 0.3) is 5.91 Å². The second-order valence-electron chi connectivity index (χ2n) is 5.48. The lowest BCUT2D eigenvalue weighted by Crippen LogP contribution is -2.30. The van der Waals surface area contributed by atoms with Crippen LogP contribution in [-0.2, 0) is 4.79 Å². The summed E-state index contributed by atoms with van der Waals surface area (Å²) in [4.78, 5) is 14.3. The van der Waals surface area contributed by atoms with Crippen LogP contribution in [0.5, 0.6) is 11.5 Å². The standard InChI is InChI=1S/C18H21ClN2O3/c1-12(24-15-8-6-14(23-4)7-9-15)18(22)20-16-11-13(19)5-10-17(16)21(2)3/h5-12H,1-4H3,(H,20,22). The molecule has 0 radical (unpaired) electrons. The number of anilines is 2. The molecule has 1 atom stereocenters. The molecule has 0 saturated heterocycles. The van der Waals surface area contributed by atoms with E-state index < -0.39 is 6.10 Å². The summed E-state index contributed by atoms with van der Waals surface area (Å²) in [5.41, 5.74) is 1.51. The molecule has 24 heavy (non-hydrogen) atoms. The molecular weight excluding hydrogens is 328 g/mol. The van der Waals surface area contributed by atoms with E-state index in [1.807, 2.05) is 25.1 Å². The Balaban J connectivity index is 2.07. The van der Waals surface area contributed by atoms with Gasteiger partial charge in [-0.15, -0.1) is 0 Å². The molecule has 1 unspecified atom stereocenters. The SMILES string of the molecule is COc1ccc(OC(C)C(=O)Nc2cc(Cl)ccc2N(C)C)cc1. The molecule has 6 heteroatoms. The maximum Gasteiger partial charge on any atom is 0.265 e. The van der Waals surface area contributed by atoms with E-state index in [2.05, 4.69) is 5.32 Å². The highest BCUT2D eigenvalue weighted by Crippen LogP contribution is 2.28. The number of hydrogen-bond acceptors (Lipinski definition) is 4. The zero-order valence-electron chi connectivity index (χ0n) is 14.2. The minimum atomic E-state index is -0.660. The van der Waals surface area contributed by atoms with Crippen molar-refractivity contribution in [3.8, 4) is 11.5 Å². The van der Waals surface area contributed by atoms with Crippen LogP contribution in [0.2, 0.25) is 5.02 Å². The van der Waals surface area contributed by atoms with E-state index in [1.165, 1.54) is 0 Å². The third-order valence-electron chi connectivity index (χ3n) is 3.44. The Morgan fingerprint density at radius 3 is 2.33 bits per heavy atom. The number of ether oxygens (including phenoxy) is 2. The normalized spacial score (nSPS) is 11.5. The predicted molar refractivity (Wildman–Crippen MR) is 97.5 cm³/mol. The maximum absolute atomic E-state index is 12.4. The fraction of sp³-hybridized carbons (Fsp3) is 0.278. The first-order valence-corrected chi connectivity index (χ1v) is 7.87. The lowest BCUT2D eigenvalue weighted by molar-refractivity contribution is -0.122. The molecule has 128 valence electrons. The Kier molecular flexibility index (Phi) is 5.93. The van der Waals surface area contributed by atoms with E-state index in [4.69, 9.17) is 21.1 Å². The van der Waals surface area contributed by atoms with E-state index >= 15 is 0 Å². The average Bonchev–Trinajstić information content (AvgIpc) is 2.55. The molecule has 2 aromatic carbocycles. The van der Waals surface area contributed by atoms with Gasteiger partial charge in [0, 0.05) is 19.1 Å². The monoisotopic (exact) mass is 348 g/mol. The van der Waals surface area contributed by atoms with Crippen LogP contribution in [0.1, 0.15) is 6.92 Å². The summed E-state index contributed by atoms with van der Waals surface area (Å²) in [6.45, 7) is 1.69. The molecule has 0 spiro atoms. The zero-order valence-corrected chi connectivity index (χ0v) is 14.9. The van der Waals surface area contributed by atoms with E-state index in [9.17, 15) is 4.79 Å². The summed E-state index contributed by atoms with van der Waals surface area (Å²) in [6.07, 6.45) is -0.660. The largest absolute Gasteiger partial charge is 0.497 e. The van der Waals surface area contributed by atoms with Crippen molar-refractivity contribution in [2.45, 2.75) is 13.0 Å². The van der Waals surface area contributed by atoms with Gasteiger partial charge in [0.15, 0.2) is 6.10 Å². The summed E-state index contributed by atoms with van der Waals surface area (Å²) < 4.78 is 10.8. The number of benzene rings is 2. The lowest BCUT2D eigenvalue weighted by Gasteiger charge is -2.20. The van der Waals surface area contributed by atoms with Gasteiger partial charge in [0.1, 0.15) is 11.5 Å². The number of rotatable bonds is 6. The molecule has 0 aromatic heterocycles. The predicted octanol–water partition coefficient (Wildman–Crippen LogP) is 3.82. The van der Waals surface area contributed by atoms with Crippen LogP contribution in [0.25, 0.3) is 0 Å². The molecule has 2 rings (SSSR count). The molecule has 1 N–H and O–H groups in total. The summed E-state index contributed by atoms with van der Waals surface area (Å²) in [6, 6.07) is 12.4. The van der Waals surface area contributed by atoms with Crippen molar-refractivity contribution in [2.24, 2.45) is 0 Å². The highest BCUT2D eigenvalue weighted by molar-refractivity contribution is 6.31. The smallest absolute Gasteiger partial charge is 0.265 e. The molecule has 0 aliphatic rings. The van der Waals surface area contributed by atoms with Crippen molar-refractivity contribution >= 4 is 28.9 Å². The molecule has 0 heterocycles. The zero-order chi connectivity index (χ0) is 17.7. The van der Waals surface area contributed by atoms with Crippen LogP contribution in [0.3, 0.4) is 0 Å². The number of nitrogens with zero attached hydrogens (tertiary/aromatic N) is 1. The van der Waals surface area contributed by atoms with Gasteiger partial charge in [0.2, 0.25) is 0 Å². The van der Waals surface area contributed by atoms with E-state index in [0.717, 1.165) is 11.4 Å². The fourth-order valence-corrected chi connectivity index (χ4v) is 2.32. The molecule has 2 aromatic rings. The lowest BCUT2D eigenvalue weighted by atomic mass is 10.2. The maximum atomic E-state index is 12.4. The molecule has 0 aliphatic heterocycles. The average molecular weight is 349 g/mol. The molecular formula is C18H21ClN2O3. The first-order chi connectivity index (χ1) is 11.4. The number of amides is 1. The van der Waals surface area contributed by atoms with E-state index in [1.54, 1.807) is 50.4 Å². The van der Waals surface area contributed by atoms with Crippen molar-refractivity contribution < 1.29 is 14.3 Å². The van der Waals surface area contributed by atoms with Gasteiger partial charge < -0.3 is 19.7 Å². The molecule has 0 bridgehead atoms. The number of carbonyl (C=O) groups is 1. The van der Waals surface area contributed by atoms with Crippen LogP contribution < -0.4 is 19.7 Å². The van der Waals surface area contributed by atoms with E-state index in [0.29, 0.717) is 16.5 Å². The summed E-state index contributed by atoms with van der Waals surface area (Å²) in [5, 5.41) is 3.42. The van der Waals surface area contributed by atoms with Crippen LogP contribution in [-0.4, -0.2) is 33.2 Å². The summed E-state index contributed by atoms with van der Waals surface area (Å²) in [7, 11) is 5.39. The van der Waals surface area contributed by atoms with Gasteiger partial charge in [-0.25, -0.2) is 0 Å². The number of nitrogens with one attached hydrogen (secondary N) is 1. The summed E-state index contributed by atoms with van der Waals surface area (Å²) >= 11 is 6.03. The van der Waals surface area contributed by atoms with Crippen molar-refractivity contribution in [1.82, 2.24) is 0 Å². The second kappa shape index (κ2) is 7.93. The van der Waals surface area contributed by atoms with Crippen LogP contribution in [0, 0.1) is 0 Å². The third kappa shape index (κ3) is 4.55. The Bertz CT molecular complexity index is 702. The Morgan fingerprint density at radius 2 is 1.75 bits per heavy atom. The van der Waals surface area contributed by atoms with Crippen LogP contribution >= 0.6 is 11.6 Å². The number of carbonyl (C=O) groups excluding carboxylic acids is 1. The van der Waals surface area contributed by atoms with Gasteiger partial charge in [-0.05, 0) is 49.4 Å². The third-order valence-corrected chi connectivity index (χ3v) is 3.67.